The van der Waals surface area contributed by atoms with Gasteiger partial charge in [-0.05, 0) is 60.7 Å². The van der Waals surface area contributed by atoms with E-state index in [2.05, 4.69) is 37.2 Å². The number of benzene rings is 3. The Bertz CT molecular complexity index is 1050. The Morgan fingerprint density at radius 2 is 1.36 bits per heavy atom. The van der Waals surface area contributed by atoms with E-state index in [1.807, 2.05) is 0 Å². The molecule has 28 heavy (non-hydrogen) atoms. The van der Waals surface area contributed by atoms with Gasteiger partial charge in [0.25, 0.3) is 10.0 Å². The fourth-order valence-electron chi connectivity index (χ4n) is 2.51. The van der Waals surface area contributed by atoms with Crippen molar-refractivity contribution in [3.63, 3.8) is 0 Å². The van der Waals surface area contributed by atoms with Crippen LogP contribution in [0.5, 0.6) is 0 Å². The van der Waals surface area contributed by atoms with Crippen molar-refractivity contribution in [3.05, 3.63) is 87.8 Å². The van der Waals surface area contributed by atoms with Crippen molar-refractivity contribution in [2.24, 2.45) is 0 Å². The number of halogens is 2. The molecular weight excluding hydrogens is 508 g/mol. The molecule has 8 heteroatoms. The number of amides is 1. The minimum atomic E-state index is -3.91. The molecule has 3 rings (SSSR count). The maximum absolute atomic E-state index is 13.2. The van der Waals surface area contributed by atoms with Crippen LogP contribution in [0.15, 0.2) is 92.7 Å². The first kappa shape index (κ1) is 20.6. The van der Waals surface area contributed by atoms with Gasteiger partial charge in [0.1, 0.15) is 6.54 Å². The van der Waals surface area contributed by atoms with E-state index >= 15 is 0 Å². The van der Waals surface area contributed by atoms with E-state index < -0.39 is 15.9 Å². The number of carbonyl (C=O) groups is 1. The van der Waals surface area contributed by atoms with Crippen molar-refractivity contribution in [2.45, 2.75) is 4.90 Å². The van der Waals surface area contributed by atoms with Crippen molar-refractivity contribution in [1.82, 2.24) is 0 Å². The van der Waals surface area contributed by atoms with Crippen molar-refractivity contribution in [1.29, 1.82) is 0 Å². The molecular formula is C20H16Br2N2O3S. The summed E-state index contributed by atoms with van der Waals surface area (Å²) in [4.78, 5) is 12.7. The quantitative estimate of drug-likeness (QED) is 0.492. The third kappa shape index (κ3) is 5.01. The summed E-state index contributed by atoms with van der Waals surface area (Å²) in [5.74, 6) is -0.440. The molecule has 0 aliphatic rings. The van der Waals surface area contributed by atoms with E-state index in [-0.39, 0.29) is 11.4 Å². The van der Waals surface area contributed by atoms with E-state index in [9.17, 15) is 13.2 Å². The van der Waals surface area contributed by atoms with Crippen LogP contribution < -0.4 is 9.62 Å². The highest BCUT2D eigenvalue weighted by Gasteiger charge is 2.27. The molecule has 0 spiro atoms. The van der Waals surface area contributed by atoms with Crippen LogP contribution in [0.2, 0.25) is 0 Å². The lowest BCUT2D eigenvalue weighted by Crippen LogP contribution is -2.38. The Morgan fingerprint density at radius 1 is 0.821 bits per heavy atom. The van der Waals surface area contributed by atoms with Gasteiger partial charge in [-0.2, -0.15) is 0 Å². The number of nitrogens with one attached hydrogen (secondary N) is 1. The average Bonchev–Trinajstić information content (AvgIpc) is 2.69. The number of sulfonamides is 1. The first-order valence-electron chi connectivity index (χ1n) is 8.25. The van der Waals surface area contributed by atoms with Crippen LogP contribution in [0.25, 0.3) is 0 Å². The van der Waals surface area contributed by atoms with E-state index in [1.165, 1.54) is 12.1 Å². The van der Waals surface area contributed by atoms with Crippen LogP contribution in [0.1, 0.15) is 0 Å². The second kappa shape index (κ2) is 8.89. The highest BCUT2D eigenvalue weighted by molar-refractivity contribution is 9.10. The summed E-state index contributed by atoms with van der Waals surface area (Å²) in [7, 11) is -3.91. The third-order valence-electron chi connectivity index (χ3n) is 3.86. The molecule has 0 heterocycles. The van der Waals surface area contributed by atoms with Gasteiger partial charge >= 0.3 is 0 Å². The lowest BCUT2D eigenvalue weighted by molar-refractivity contribution is -0.114. The molecule has 0 saturated carbocycles. The summed E-state index contributed by atoms with van der Waals surface area (Å²) in [6, 6.07) is 21.9. The Kier molecular flexibility index (Phi) is 6.53. The van der Waals surface area contributed by atoms with Gasteiger partial charge in [0.05, 0.1) is 10.6 Å². The van der Waals surface area contributed by atoms with E-state index in [0.717, 1.165) is 13.3 Å². The second-order valence-corrected chi connectivity index (χ2v) is 9.55. The lowest BCUT2D eigenvalue weighted by Gasteiger charge is -2.24. The highest BCUT2D eigenvalue weighted by atomic mass is 79.9. The van der Waals surface area contributed by atoms with Gasteiger partial charge in [0.15, 0.2) is 0 Å². The van der Waals surface area contributed by atoms with Crippen molar-refractivity contribution in [2.75, 3.05) is 16.2 Å². The lowest BCUT2D eigenvalue weighted by atomic mass is 10.3. The molecule has 1 N–H and O–H groups in total. The van der Waals surface area contributed by atoms with Gasteiger partial charge < -0.3 is 5.32 Å². The molecule has 0 aliphatic heterocycles. The first-order chi connectivity index (χ1) is 13.4. The predicted octanol–water partition coefficient (Wildman–Crippen LogP) is 5.05. The van der Waals surface area contributed by atoms with Crippen molar-refractivity contribution < 1.29 is 13.2 Å². The Labute approximate surface area is 180 Å². The number of carbonyl (C=O) groups excluding carboxylic acids is 1. The predicted molar refractivity (Wildman–Crippen MR) is 118 cm³/mol. The van der Waals surface area contributed by atoms with Gasteiger partial charge in [0, 0.05) is 14.6 Å². The molecule has 1 amide bonds. The molecule has 3 aromatic carbocycles. The number of hydrogen-bond acceptors (Lipinski definition) is 3. The Morgan fingerprint density at radius 3 is 1.93 bits per heavy atom. The standard InChI is InChI=1S/C20H16Br2N2O3S/c21-15-6-10-17(11-7-15)23-20(25)14-24(18-12-8-16(22)9-13-18)28(26,27)19-4-2-1-3-5-19/h1-13H,14H2,(H,23,25). The largest absolute Gasteiger partial charge is 0.325 e. The zero-order valence-corrected chi connectivity index (χ0v) is 18.5. The van der Waals surface area contributed by atoms with Crippen molar-refractivity contribution in [3.8, 4) is 0 Å². The van der Waals surface area contributed by atoms with Gasteiger partial charge in [-0.25, -0.2) is 8.42 Å². The molecule has 0 aromatic heterocycles. The molecule has 0 atom stereocenters. The molecule has 0 bridgehead atoms. The number of nitrogens with zero attached hydrogens (tertiary/aromatic N) is 1. The van der Waals surface area contributed by atoms with Gasteiger partial charge in [-0.1, -0.05) is 50.1 Å². The van der Waals surface area contributed by atoms with Crippen LogP contribution in [-0.4, -0.2) is 20.9 Å². The van der Waals surface area contributed by atoms with E-state index in [1.54, 1.807) is 66.7 Å². The number of rotatable bonds is 6. The maximum Gasteiger partial charge on any atom is 0.264 e. The number of anilines is 2. The fraction of sp³-hybridized carbons (Fsp3) is 0.0500. The topological polar surface area (TPSA) is 66.5 Å². The normalized spacial score (nSPS) is 11.1. The number of hydrogen-bond donors (Lipinski definition) is 1. The van der Waals surface area contributed by atoms with E-state index in [4.69, 9.17) is 0 Å². The van der Waals surface area contributed by atoms with Crippen LogP contribution >= 0.6 is 31.9 Å². The smallest absolute Gasteiger partial charge is 0.264 e. The summed E-state index contributed by atoms with van der Waals surface area (Å²) in [6.45, 7) is -0.352. The van der Waals surface area contributed by atoms with Gasteiger partial charge in [-0.3, -0.25) is 9.10 Å². The maximum atomic E-state index is 13.2. The summed E-state index contributed by atoms with van der Waals surface area (Å²) in [5.41, 5.74) is 0.985. The zero-order chi connectivity index (χ0) is 20.1. The minimum Gasteiger partial charge on any atom is -0.325 e. The van der Waals surface area contributed by atoms with Crippen LogP contribution in [-0.2, 0) is 14.8 Å². The summed E-state index contributed by atoms with van der Waals surface area (Å²) >= 11 is 6.68. The average molecular weight is 524 g/mol. The monoisotopic (exact) mass is 522 g/mol. The molecule has 3 aromatic rings. The Balaban J connectivity index is 1.91. The van der Waals surface area contributed by atoms with Gasteiger partial charge in [0.2, 0.25) is 5.91 Å². The van der Waals surface area contributed by atoms with Crippen LogP contribution in [0.4, 0.5) is 11.4 Å². The molecule has 0 fully saturated rings. The molecule has 0 radical (unpaired) electrons. The fourth-order valence-corrected chi connectivity index (χ4v) is 4.48. The second-order valence-electron chi connectivity index (χ2n) is 5.86. The SMILES string of the molecule is O=C(CN(c1ccc(Br)cc1)S(=O)(=O)c1ccccc1)Nc1ccc(Br)cc1. The zero-order valence-electron chi connectivity index (χ0n) is 14.5. The van der Waals surface area contributed by atoms with Crippen molar-refractivity contribution >= 4 is 59.2 Å². The third-order valence-corrected chi connectivity index (χ3v) is 6.71. The first-order valence-corrected chi connectivity index (χ1v) is 11.3. The minimum absolute atomic E-state index is 0.120. The molecule has 144 valence electrons. The summed E-state index contributed by atoms with van der Waals surface area (Å²) < 4.78 is 29.2. The molecule has 0 unspecified atom stereocenters. The van der Waals surface area contributed by atoms with Gasteiger partial charge in [-0.15, -0.1) is 0 Å². The summed E-state index contributed by atoms with van der Waals surface area (Å²) in [6.07, 6.45) is 0. The molecule has 0 saturated heterocycles. The molecule has 5 nitrogen and oxygen atoms in total. The van der Waals surface area contributed by atoms with Crippen LogP contribution in [0, 0.1) is 0 Å². The molecule has 0 aliphatic carbocycles. The van der Waals surface area contributed by atoms with E-state index in [0.29, 0.717) is 11.4 Å². The summed E-state index contributed by atoms with van der Waals surface area (Å²) in [5, 5.41) is 2.73. The highest BCUT2D eigenvalue weighted by Crippen LogP contribution is 2.25. The Hall–Kier alpha value is -2.16. The van der Waals surface area contributed by atoms with Crippen LogP contribution in [0.3, 0.4) is 0 Å².